The molecule has 122 valence electrons. The summed E-state index contributed by atoms with van der Waals surface area (Å²) in [6.45, 7) is 5.11. The number of halogens is 1. The zero-order chi connectivity index (χ0) is 16.6. The van der Waals surface area contributed by atoms with Crippen molar-refractivity contribution in [2.45, 2.75) is 37.2 Å². The lowest BCUT2D eigenvalue weighted by molar-refractivity contribution is -0.137. The molecule has 0 bridgehead atoms. The van der Waals surface area contributed by atoms with Crippen LogP contribution in [-0.2, 0) is 16.1 Å². The maximum atomic E-state index is 12.9. The van der Waals surface area contributed by atoms with Crippen molar-refractivity contribution in [3.05, 3.63) is 33.0 Å². The first-order valence-electron chi connectivity index (χ1n) is 7.49. The summed E-state index contributed by atoms with van der Waals surface area (Å²) in [5.74, 6) is 0.0743. The van der Waals surface area contributed by atoms with Gasteiger partial charge in [0.15, 0.2) is 5.16 Å². The van der Waals surface area contributed by atoms with E-state index in [1.807, 2.05) is 12.1 Å². The molecule has 1 aromatic carbocycles. The zero-order valence-electron chi connectivity index (χ0n) is 12.9. The van der Waals surface area contributed by atoms with Crippen molar-refractivity contribution >= 4 is 44.6 Å². The molecule has 0 amide bonds. The van der Waals surface area contributed by atoms with Crippen LogP contribution in [0.3, 0.4) is 0 Å². The van der Waals surface area contributed by atoms with E-state index in [0.717, 1.165) is 4.47 Å². The average Bonchev–Trinajstić information content (AvgIpc) is 2.89. The fraction of sp³-hybridized carbons (Fsp3) is 0.438. The van der Waals surface area contributed by atoms with Gasteiger partial charge in [0.25, 0.3) is 5.56 Å². The minimum absolute atomic E-state index is 0.0705. The standard InChI is InChI=1S/C16H17BrN2O3S/c1-9(2)8-19-14(20)11-7-10(17)3-4-12(11)18-16(19)23-13-5-6-22-15(13)21/h3-4,7,9,13H,5-6,8H2,1-2H3. The third kappa shape index (κ3) is 3.45. The lowest BCUT2D eigenvalue weighted by Gasteiger charge is -2.16. The van der Waals surface area contributed by atoms with E-state index >= 15 is 0 Å². The molecule has 1 aliphatic rings. The lowest BCUT2D eigenvalue weighted by atomic mass is 10.2. The van der Waals surface area contributed by atoms with Gasteiger partial charge in [0.1, 0.15) is 5.25 Å². The Hall–Kier alpha value is -1.34. The van der Waals surface area contributed by atoms with E-state index in [0.29, 0.717) is 41.5 Å². The molecule has 1 fully saturated rings. The second kappa shape index (κ2) is 6.65. The molecule has 23 heavy (non-hydrogen) atoms. The van der Waals surface area contributed by atoms with Gasteiger partial charge in [-0.1, -0.05) is 41.5 Å². The fourth-order valence-electron chi connectivity index (χ4n) is 2.50. The molecule has 1 atom stereocenters. The van der Waals surface area contributed by atoms with Gasteiger partial charge in [0.05, 0.1) is 17.5 Å². The highest BCUT2D eigenvalue weighted by molar-refractivity contribution is 9.10. The highest BCUT2D eigenvalue weighted by Crippen LogP contribution is 2.29. The summed E-state index contributed by atoms with van der Waals surface area (Å²) in [6, 6.07) is 5.47. The van der Waals surface area contributed by atoms with E-state index in [9.17, 15) is 9.59 Å². The van der Waals surface area contributed by atoms with Crippen LogP contribution in [0.5, 0.6) is 0 Å². The number of hydrogen-bond donors (Lipinski definition) is 0. The van der Waals surface area contributed by atoms with Crippen LogP contribution in [0.2, 0.25) is 0 Å². The van der Waals surface area contributed by atoms with E-state index in [1.54, 1.807) is 10.6 Å². The normalized spacial score (nSPS) is 17.9. The second-order valence-corrected chi connectivity index (χ2v) is 8.01. The predicted octanol–water partition coefficient (Wildman–Crippen LogP) is 3.22. The first kappa shape index (κ1) is 16.5. The number of aromatic nitrogens is 2. The van der Waals surface area contributed by atoms with Crippen molar-refractivity contribution in [3.63, 3.8) is 0 Å². The molecule has 5 nitrogen and oxygen atoms in total. The number of thioether (sulfide) groups is 1. The van der Waals surface area contributed by atoms with Gasteiger partial charge in [0, 0.05) is 17.4 Å². The Balaban J connectivity index is 2.12. The number of carbonyl (C=O) groups excluding carboxylic acids is 1. The molecular formula is C16H17BrN2O3S. The third-order valence-corrected chi connectivity index (χ3v) is 5.29. The molecule has 0 saturated carbocycles. The van der Waals surface area contributed by atoms with Crippen molar-refractivity contribution in [2.75, 3.05) is 6.61 Å². The quantitative estimate of drug-likeness (QED) is 0.586. The Morgan fingerprint density at radius 2 is 2.22 bits per heavy atom. The third-order valence-electron chi connectivity index (χ3n) is 3.56. The number of ether oxygens (including phenoxy) is 1. The van der Waals surface area contributed by atoms with Crippen LogP contribution < -0.4 is 5.56 Å². The van der Waals surface area contributed by atoms with Crippen LogP contribution in [0.4, 0.5) is 0 Å². The van der Waals surface area contributed by atoms with Gasteiger partial charge < -0.3 is 4.74 Å². The first-order valence-corrected chi connectivity index (χ1v) is 9.16. The predicted molar refractivity (Wildman–Crippen MR) is 93.8 cm³/mol. The summed E-state index contributed by atoms with van der Waals surface area (Å²) in [4.78, 5) is 29.2. The molecule has 0 aliphatic carbocycles. The SMILES string of the molecule is CC(C)Cn1c(SC2CCOC2=O)nc2ccc(Br)cc2c1=O. The van der Waals surface area contributed by atoms with Crippen molar-refractivity contribution < 1.29 is 9.53 Å². The minimum Gasteiger partial charge on any atom is -0.465 e. The zero-order valence-corrected chi connectivity index (χ0v) is 15.3. The molecule has 1 aliphatic heterocycles. The Bertz CT molecular complexity index is 819. The van der Waals surface area contributed by atoms with Crippen LogP contribution in [0, 0.1) is 5.92 Å². The molecular weight excluding hydrogens is 380 g/mol. The highest BCUT2D eigenvalue weighted by Gasteiger charge is 2.29. The summed E-state index contributed by atoms with van der Waals surface area (Å²) in [6.07, 6.45) is 0.652. The first-order chi connectivity index (χ1) is 11.0. The van der Waals surface area contributed by atoms with E-state index in [2.05, 4.69) is 34.8 Å². The monoisotopic (exact) mass is 396 g/mol. The summed E-state index contributed by atoms with van der Waals surface area (Å²) in [5, 5.41) is 0.883. The number of benzene rings is 1. The van der Waals surface area contributed by atoms with Crippen molar-refractivity contribution in [2.24, 2.45) is 5.92 Å². The van der Waals surface area contributed by atoms with Crippen LogP contribution >= 0.6 is 27.7 Å². The largest absolute Gasteiger partial charge is 0.465 e. The molecule has 0 radical (unpaired) electrons. The molecule has 2 aromatic rings. The van der Waals surface area contributed by atoms with E-state index in [-0.39, 0.29) is 16.8 Å². The molecule has 7 heteroatoms. The van der Waals surface area contributed by atoms with Gasteiger partial charge in [-0.15, -0.1) is 0 Å². The molecule has 1 aromatic heterocycles. The maximum Gasteiger partial charge on any atom is 0.319 e. The topological polar surface area (TPSA) is 61.2 Å². The summed E-state index contributed by atoms with van der Waals surface area (Å²) in [7, 11) is 0. The smallest absolute Gasteiger partial charge is 0.319 e. The Morgan fingerprint density at radius 3 is 2.87 bits per heavy atom. The van der Waals surface area contributed by atoms with Crippen LogP contribution in [0.1, 0.15) is 20.3 Å². The Kier molecular flexibility index (Phi) is 4.77. The van der Waals surface area contributed by atoms with Crippen LogP contribution in [0.15, 0.2) is 32.6 Å². The van der Waals surface area contributed by atoms with Crippen LogP contribution in [-0.4, -0.2) is 27.4 Å². The Labute approximate surface area is 146 Å². The van der Waals surface area contributed by atoms with Crippen LogP contribution in [0.25, 0.3) is 10.9 Å². The second-order valence-electron chi connectivity index (χ2n) is 5.93. The minimum atomic E-state index is -0.284. The average molecular weight is 397 g/mol. The van der Waals surface area contributed by atoms with Gasteiger partial charge in [-0.2, -0.15) is 0 Å². The summed E-state index contributed by atoms with van der Waals surface area (Å²) >= 11 is 4.72. The lowest BCUT2D eigenvalue weighted by Crippen LogP contribution is -2.26. The fourth-order valence-corrected chi connectivity index (χ4v) is 3.93. The maximum absolute atomic E-state index is 12.9. The van der Waals surface area contributed by atoms with Crippen molar-refractivity contribution in [3.8, 4) is 0 Å². The van der Waals surface area contributed by atoms with E-state index < -0.39 is 0 Å². The van der Waals surface area contributed by atoms with E-state index in [4.69, 9.17) is 4.74 Å². The van der Waals surface area contributed by atoms with Gasteiger partial charge >= 0.3 is 5.97 Å². The molecule has 0 N–H and O–H groups in total. The Morgan fingerprint density at radius 1 is 1.43 bits per heavy atom. The van der Waals surface area contributed by atoms with Crippen molar-refractivity contribution in [1.29, 1.82) is 0 Å². The van der Waals surface area contributed by atoms with E-state index in [1.165, 1.54) is 11.8 Å². The van der Waals surface area contributed by atoms with Gasteiger partial charge in [-0.25, -0.2) is 4.98 Å². The summed E-state index contributed by atoms with van der Waals surface area (Å²) < 4.78 is 7.53. The molecule has 1 saturated heterocycles. The molecule has 1 unspecified atom stereocenters. The summed E-state index contributed by atoms with van der Waals surface area (Å²) in [5.41, 5.74) is 0.575. The molecule has 2 heterocycles. The molecule has 0 spiro atoms. The number of hydrogen-bond acceptors (Lipinski definition) is 5. The number of cyclic esters (lactones) is 1. The number of esters is 1. The number of carbonyl (C=O) groups is 1. The highest BCUT2D eigenvalue weighted by atomic mass is 79.9. The van der Waals surface area contributed by atoms with Gasteiger partial charge in [0.2, 0.25) is 0 Å². The van der Waals surface area contributed by atoms with Gasteiger partial charge in [-0.3, -0.25) is 14.2 Å². The number of rotatable bonds is 4. The van der Waals surface area contributed by atoms with Gasteiger partial charge in [-0.05, 0) is 24.1 Å². The number of nitrogens with zero attached hydrogens (tertiary/aromatic N) is 2. The number of fused-ring (bicyclic) bond motifs is 1. The van der Waals surface area contributed by atoms with Crippen molar-refractivity contribution in [1.82, 2.24) is 9.55 Å². The molecule has 3 rings (SSSR count).